The molecule has 0 aromatic rings. The fourth-order valence-corrected chi connectivity index (χ4v) is 0.949. The van der Waals surface area contributed by atoms with E-state index in [0.717, 1.165) is 0 Å². The lowest BCUT2D eigenvalue weighted by Crippen LogP contribution is -2.74. The van der Waals surface area contributed by atoms with Gasteiger partial charge in [-0.2, -0.15) is 57.8 Å². The summed E-state index contributed by atoms with van der Waals surface area (Å²) in [4.78, 5) is 0. The molecular weight excluding hydrogens is 335 g/mol. The normalized spacial score (nSPS) is 18.9. The van der Waals surface area contributed by atoms with Crippen LogP contribution in [0.1, 0.15) is 0 Å². The van der Waals surface area contributed by atoms with Gasteiger partial charge in [0.1, 0.15) is 0 Å². The lowest BCUT2D eigenvalue weighted by atomic mass is 9.88. The van der Waals surface area contributed by atoms with E-state index in [1.807, 2.05) is 0 Å². The van der Waals surface area contributed by atoms with Crippen molar-refractivity contribution in [3.05, 3.63) is 0 Å². The SMILES string of the molecule is [O]C(F)(F)C(F)(F)C(F)(C(F)(F)F)C(F)(F)C(F)(F)F. The fourth-order valence-electron chi connectivity index (χ4n) is 0.949. The van der Waals surface area contributed by atoms with Gasteiger partial charge in [0.05, 0.1) is 0 Å². The van der Waals surface area contributed by atoms with Gasteiger partial charge in [-0.05, 0) is 0 Å². The zero-order chi connectivity index (χ0) is 17.0. The summed E-state index contributed by atoms with van der Waals surface area (Å²) in [5.41, 5.74) is -8.16. The van der Waals surface area contributed by atoms with Crippen molar-refractivity contribution in [2.75, 3.05) is 0 Å². The van der Waals surface area contributed by atoms with Crippen LogP contribution < -0.4 is 0 Å². The van der Waals surface area contributed by atoms with Gasteiger partial charge in [0.2, 0.25) is 0 Å². The molecule has 0 amide bonds. The second kappa shape index (κ2) is 4.27. The van der Waals surface area contributed by atoms with Gasteiger partial charge in [-0.1, -0.05) is 0 Å². The number of halogens is 13. The van der Waals surface area contributed by atoms with E-state index in [1.54, 1.807) is 0 Å². The summed E-state index contributed by atoms with van der Waals surface area (Å²) >= 11 is 0. The number of hydrogen-bond donors (Lipinski definition) is 0. The minimum Gasteiger partial charge on any atom is -0.219 e. The Morgan fingerprint density at radius 2 is 0.750 bits per heavy atom. The maximum Gasteiger partial charge on any atom is 0.457 e. The average molecular weight is 335 g/mol. The molecule has 20 heavy (non-hydrogen) atoms. The Labute approximate surface area is 99.5 Å². The van der Waals surface area contributed by atoms with Gasteiger partial charge in [0.25, 0.3) is 0 Å². The quantitative estimate of drug-likeness (QED) is 0.692. The highest BCUT2D eigenvalue weighted by atomic mass is 19.4. The van der Waals surface area contributed by atoms with E-state index in [1.165, 1.54) is 0 Å². The zero-order valence-electron chi connectivity index (χ0n) is 8.32. The van der Waals surface area contributed by atoms with Crippen molar-refractivity contribution in [1.29, 1.82) is 0 Å². The van der Waals surface area contributed by atoms with Crippen LogP contribution >= 0.6 is 0 Å². The minimum atomic E-state index is -8.16. The first kappa shape index (κ1) is 19.1. The Morgan fingerprint density at radius 1 is 0.450 bits per heavy atom. The van der Waals surface area contributed by atoms with E-state index in [-0.39, 0.29) is 0 Å². The molecule has 0 aliphatic carbocycles. The maximum atomic E-state index is 12.8. The Bertz CT molecular complexity index is 331. The monoisotopic (exact) mass is 335 g/mol. The molecule has 1 unspecified atom stereocenters. The summed E-state index contributed by atoms with van der Waals surface area (Å²) < 4.78 is 156. The molecule has 0 rings (SSSR count). The zero-order valence-corrected chi connectivity index (χ0v) is 8.32. The molecule has 1 nitrogen and oxygen atoms in total. The van der Waals surface area contributed by atoms with Crippen LogP contribution in [-0.4, -0.2) is 36.0 Å². The third kappa shape index (κ3) is 2.26. The van der Waals surface area contributed by atoms with Crippen LogP contribution in [0.15, 0.2) is 0 Å². The van der Waals surface area contributed by atoms with E-state index in [9.17, 15) is 62.2 Å². The molecule has 0 aromatic heterocycles. The van der Waals surface area contributed by atoms with Crippen molar-refractivity contribution < 1.29 is 62.2 Å². The van der Waals surface area contributed by atoms with Gasteiger partial charge >= 0.3 is 36.0 Å². The highest BCUT2D eigenvalue weighted by Gasteiger charge is 2.94. The third-order valence-electron chi connectivity index (χ3n) is 1.98. The number of rotatable bonds is 3. The standard InChI is InChI=1S/C6F13O/c7-1(4(12,13)14,2(8,9)5(15,16)17)3(10,11)6(18,19)20. The number of alkyl halides is 13. The van der Waals surface area contributed by atoms with Gasteiger partial charge in [-0.15, -0.1) is 0 Å². The van der Waals surface area contributed by atoms with Gasteiger partial charge in [-0.3, -0.25) is 0 Å². The van der Waals surface area contributed by atoms with E-state index in [0.29, 0.717) is 0 Å². The Balaban J connectivity index is 6.50. The summed E-state index contributed by atoms with van der Waals surface area (Å²) in [6.45, 7) is 0. The number of hydrogen-bond acceptors (Lipinski definition) is 0. The van der Waals surface area contributed by atoms with Crippen molar-refractivity contribution in [3.8, 4) is 0 Å². The molecule has 1 atom stereocenters. The Morgan fingerprint density at radius 3 is 0.900 bits per heavy atom. The van der Waals surface area contributed by atoms with Crippen molar-refractivity contribution in [3.63, 3.8) is 0 Å². The van der Waals surface area contributed by atoms with E-state index < -0.39 is 36.0 Å². The Hall–Kier alpha value is -0.950. The molecule has 0 aliphatic rings. The molecule has 0 aromatic carbocycles. The summed E-state index contributed by atoms with van der Waals surface area (Å²) in [5.74, 6) is -15.9. The molecular formula is C6F13O. The van der Waals surface area contributed by atoms with E-state index in [2.05, 4.69) is 0 Å². The highest BCUT2D eigenvalue weighted by Crippen LogP contribution is 2.61. The first-order valence-electron chi connectivity index (χ1n) is 3.91. The van der Waals surface area contributed by atoms with Crippen molar-refractivity contribution in [2.24, 2.45) is 0 Å². The topological polar surface area (TPSA) is 19.9 Å². The van der Waals surface area contributed by atoms with Crippen LogP contribution in [0.5, 0.6) is 0 Å². The van der Waals surface area contributed by atoms with Crippen LogP contribution in [0, 0.1) is 0 Å². The van der Waals surface area contributed by atoms with Crippen LogP contribution in [0.25, 0.3) is 0 Å². The van der Waals surface area contributed by atoms with Gasteiger partial charge in [0.15, 0.2) is 0 Å². The van der Waals surface area contributed by atoms with Crippen LogP contribution in [0.4, 0.5) is 57.1 Å². The second-order valence-electron chi connectivity index (χ2n) is 3.32. The highest BCUT2D eigenvalue weighted by molar-refractivity contribution is 5.14. The fraction of sp³-hybridized carbons (Fsp3) is 1.00. The van der Waals surface area contributed by atoms with E-state index in [4.69, 9.17) is 0 Å². The van der Waals surface area contributed by atoms with Gasteiger partial charge < -0.3 is 0 Å². The van der Waals surface area contributed by atoms with Crippen molar-refractivity contribution >= 4 is 0 Å². The molecule has 14 heteroatoms. The molecule has 0 saturated heterocycles. The lowest BCUT2D eigenvalue weighted by molar-refractivity contribution is -0.476. The van der Waals surface area contributed by atoms with Crippen LogP contribution in [-0.2, 0) is 5.11 Å². The first-order chi connectivity index (χ1) is 8.25. The summed E-state index contributed by atoms with van der Waals surface area (Å²) in [7, 11) is 0. The first-order valence-corrected chi connectivity index (χ1v) is 3.91. The molecule has 0 bridgehead atoms. The van der Waals surface area contributed by atoms with Crippen molar-refractivity contribution in [1.82, 2.24) is 0 Å². The molecule has 1 radical (unpaired) electrons. The second-order valence-corrected chi connectivity index (χ2v) is 3.32. The lowest BCUT2D eigenvalue weighted by Gasteiger charge is -2.40. The van der Waals surface area contributed by atoms with E-state index >= 15 is 0 Å². The minimum absolute atomic E-state index is 7.40. The summed E-state index contributed by atoms with van der Waals surface area (Å²) in [5, 5.41) is 9.47. The summed E-state index contributed by atoms with van der Waals surface area (Å²) in [6.07, 6.45) is -22.8. The molecule has 0 fully saturated rings. The average Bonchev–Trinajstić information content (AvgIpc) is 2.10. The Kier molecular flexibility index (Phi) is 4.07. The summed E-state index contributed by atoms with van der Waals surface area (Å²) in [6, 6.07) is 0. The predicted octanol–water partition coefficient (Wildman–Crippen LogP) is 4.11. The molecule has 0 aliphatic heterocycles. The molecule has 121 valence electrons. The molecule has 0 heterocycles. The molecule has 0 N–H and O–H groups in total. The predicted molar refractivity (Wildman–Crippen MR) is 31.5 cm³/mol. The molecule has 0 saturated carbocycles. The third-order valence-corrected chi connectivity index (χ3v) is 1.98. The maximum absolute atomic E-state index is 12.8. The largest absolute Gasteiger partial charge is 0.457 e. The van der Waals surface area contributed by atoms with Crippen LogP contribution in [0.2, 0.25) is 0 Å². The van der Waals surface area contributed by atoms with Crippen LogP contribution in [0.3, 0.4) is 0 Å². The van der Waals surface area contributed by atoms with Gasteiger partial charge in [0, 0.05) is 0 Å². The molecule has 0 spiro atoms. The van der Waals surface area contributed by atoms with Gasteiger partial charge in [-0.25, -0.2) is 4.39 Å². The smallest absolute Gasteiger partial charge is 0.219 e. The van der Waals surface area contributed by atoms with Crippen molar-refractivity contribution in [2.45, 2.75) is 36.0 Å².